The van der Waals surface area contributed by atoms with E-state index < -0.39 is 5.82 Å². The summed E-state index contributed by atoms with van der Waals surface area (Å²) in [6.45, 7) is 2.72. The summed E-state index contributed by atoms with van der Waals surface area (Å²) >= 11 is 5.81. The molecular weight excluding hydrogens is 283 g/mol. The van der Waals surface area contributed by atoms with Crippen molar-refractivity contribution in [3.05, 3.63) is 28.5 Å². The molecule has 2 N–H and O–H groups in total. The molecule has 0 aliphatic carbocycles. The number of anilines is 1. The molecule has 2 fully saturated rings. The van der Waals surface area contributed by atoms with Gasteiger partial charge in [0.05, 0.1) is 17.9 Å². The van der Waals surface area contributed by atoms with Gasteiger partial charge in [0, 0.05) is 30.1 Å². The van der Waals surface area contributed by atoms with Crippen molar-refractivity contribution >= 4 is 23.2 Å². The van der Waals surface area contributed by atoms with Crippen LogP contribution in [-0.4, -0.2) is 37.1 Å². The van der Waals surface area contributed by atoms with E-state index in [1.54, 1.807) is 4.90 Å². The van der Waals surface area contributed by atoms with Gasteiger partial charge in [-0.3, -0.25) is 4.79 Å². The Hall–Kier alpha value is -1.33. The standard InChI is InChI=1S/C14H16ClFN2O2/c15-9-5-10(12(17)11(16)6-9)13(19)18-3-1-14(7-18)2-4-20-8-14/h5-6H,1-4,7-8,17H2. The van der Waals surface area contributed by atoms with Gasteiger partial charge in [-0.1, -0.05) is 11.6 Å². The molecule has 1 aromatic carbocycles. The second-order valence-electron chi connectivity index (χ2n) is 5.63. The first-order valence-electron chi connectivity index (χ1n) is 6.62. The van der Waals surface area contributed by atoms with Crippen molar-refractivity contribution in [3.63, 3.8) is 0 Å². The molecule has 0 radical (unpaired) electrons. The molecule has 2 saturated heterocycles. The van der Waals surface area contributed by atoms with Crippen LogP contribution in [0.3, 0.4) is 0 Å². The second kappa shape index (κ2) is 4.90. The number of carbonyl (C=O) groups excluding carboxylic acids is 1. The van der Waals surface area contributed by atoms with Crippen molar-refractivity contribution in [1.82, 2.24) is 4.90 Å². The van der Waals surface area contributed by atoms with E-state index in [-0.39, 0.29) is 27.6 Å². The summed E-state index contributed by atoms with van der Waals surface area (Å²) in [6, 6.07) is 2.54. The highest BCUT2D eigenvalue weighted by atomic mass is 35.5. The number of nitrogens with two attached hydrogens (primary N) is 1. The molecule has 20 heavy (non-hydrogen) atoms. The van der Waals surface area contributed by atoms with E-state index in [9.17, 15) is 9.18 Å². The molecule has 2 aliphatic heterocycles. The van der Waals surface area contributed by atoms with Crippen LogP contribution in [0.5, 0.6) is 0 Å². The van der Waals surface area contributed by atoms with Crippen LogP contribution in [0.25, 0.3) is 0 Å². The number of hydrogen-bond acceptors (Lipinski definition) is 3. The Morgan fingerprint density at radius 1 is 1.45 bits per heavy atom. The quantitative estimate of drug-likeness (QED) is 0.810. The minimum atomic E-state index is -0.654. The maximum absolute atomic E-state index is 13.6. The van der Waals surface area contributed by atoms with E-state index in [0.29, 0.717) is 19.7 Å². The molecule has 2 heterocycles. The van der Waals surface area contributed by atoms with Crippen molar-refractivity contribution in [3.8, 4) is 0 Å². The molecule has 1 atom stereocenters. The normalized spacial score (nSPS) is 25.6. The van der Waals surface area contributed by atoms with Crippen LogP contribution in [0, 0.1) is 11.2 Å². The van der Waals surface area contributed by atoms with Gasteiger partial charge in [-0.25, -0.2) is 4.39 Å². The molecule has 0 bridgehead atoms. The van der Waals surface area contributed by atoms with Crippen LogP contribution in [-0.2, 0) is 4.74 Å². The number of ether oxygens (including phenoxy) is 1. The van der Waals surface area contributed by atoms with E-state index in [1.807, 2.05) is 0 Å². The minimum absolute atomic E-state index is 0.0710. The average molecular weight is 299 g/mol. The zero-order valence-corrected chi connectivity index (χ0v) is 11.8. The Balaban J connectivity index is 1.83. The predicted octanol–water partition coefficient (Wildman–Crippen LogP) is 2.31. The Morgan fingerprint density at radius 2 is 2.25 bits per heavy atom. The van der Waals surface area contributed by atoms with Gasteiger partial charge in [-0.05, 0) is 25.0 Å². The average Bonchev–Trinajstić information content (AvgIpc) is 3.04. The molecule has 0 saturated carbocycles. The van der Waals surface area contributed by atoms with Gasteiger partial charge in [-0.15, -0.1) is 0 Å². The Kier molecular flexibility index (Phi) is 3.34. The third-order valence-corrected chi connectivity index (χ3v) is 4.45. The lowest BCUT2D eigenvalue weighted by Crippen LogP contribution is -2.33. The number of likely N-dealkylation sites (tertiary alicyclic amines) is 1. The van der Waals surface area contributed by atoms with Gasteiger partial charge in [0.25, 0.3) is 5.91 Å². The van der Waals surface area contributed by atoms with Crippen molar-refractivity contribution in [1.29, 1.82) is 0 Å². The number of hydrogen-bond donors (Lipinski definition) is 1. The first-order valence-corrected chi connectivity index (χ1v) is 7.00. The highest BCUT2D eigenvalue weighted by Gasteiger charge is 2.43. The SMILES string of the molecule is Nc1c(F)cc(Cl)cc1C(=O)N1CCC2(CCOC2)C1. The van der Waals surface area contributed by atoms with Crippen molar-refractivity contribution in [2.24, 2.45) is 5.41 Å². The third kappa shape index (κ3) is 2.25. The summed E-state index contributed by atoms with van der Waals surface area (Å²) in [7, 11) is 0. The number of halogens is 2. The Bertz CT molecular complexity index is 558. The maximum Gasteiger partial charge on any atom is 0.256 e. The molecular formula is C14H16ClFN2O2. The Morgan fingerprint density at radius 3 is 2.95 bits per heavy atom. The van der Waals surface area contributed by atoms with E-state index >= 15 is 0 Å². The number of carbonyl (C=O) groups is 1. The van der Waals surface area contributed by atoms with E-state index in [0.717, 1.165) is 25.5 Å². The summed E-state index contributed by atoms with van der Waals surface area (Å²) in [4.78, 5) is 14.2. The maximum atomic E-state index is 13.6. The van der Waals surface area contributed by atoms with Crippen molar-refractivity contribution in [2.75, 3.05) is 32.0 Å². The molecule has 1 unspecified atom stereocenters. The summed E-state index contributed by atoms with van der Waals surface area (Å²) < 4.78 is 19.0. The van der Waals surface area contributed by atoms with Crippen LogP contribution >= 0.6 is 11.6 Å². The molecule has 0 aromatic heterocycles. The highest BCUT2D eigenvalue weighted by Crippen LogP contribution is 2.39. The van der Waals surface area contributed by atoms with E-state index in [4.69, 9.17) is 22.1 Å². The van der Waals surface area contributed by atoms with E-state index in [2.05, 4.69) is 0 Å². The van der Waals surface area contributed by atoms with Gasteiger partial charge in [0.15, 0.2) is 0 Å². The van der Waals surface area contributed by atoms with Crippen LogP contribution in [0.4, 0.5) is 10.1 Å². The number of rotatable bonds is 1. The number of nitrogens with zero attached hydrogens (tertiary/aromatic N) is 1. The van der Waals surface area contributed by atoms with Gasteiger partial charge in [-0.2, -0.15) is 0 Å². The van der Waals surface area contributed by atoms with Crippen LogP contribution in [0.1, 0.15) is 23.2 Å². The first kappa shape index (κ1) is 13.6. The topological polar surface area (TPSA) is 55.6 Å². The molecule has 3 rings (SSSR count). The fourth-order valence-electron chi connectivity index (χ4n) is 3.01. The number of amides is 1. The number of benzene rings is 1. The molecule has 1 amide bonds. The lowest BCUT2D eigenvalue weighted by molar-refractivity contribution is 0.0766. The van der Waals surface area contributed by atoms with Gasteiger partial charge < -0.3 is 15.4 Å². The zero-order valence-electron chi connectivity index (χ0n) is 11.0. The van der Waals surface area contributed by atoms with Crippen molar-refractivity contribution < 1.29 is 13.9 Å². The summed E-state index contributed by atoms with van der Waals surface area (Å²) in [5.74, 6) is -0.911. The fraction of sp³-hybridized carbons (Fsp3) is 0.500. The van der Waals surface area contributed by atoms with Crippen LogP contribution < -0.4 is 5.73 Å². The zero-order chi connectivity index (χ0) is 14.3. The summed E-state index contributed by atoms with van der Waals surface area (Å²) in [6.07, 6.45) is 1.89. The lowest BCUT2D eigenvalue weighted by atomic mass is 9.87. The largest absolute Gasteiger partial charge is 0.396 e. The monoisotopic (exact) mass is 298 g/mol. The van der Waals surface area contributed by atoms with E-state index in [1.165, 1.54) is 6.07 Å². The highest BCUT2D eigenvalue weighted by molar-refractivity contribution is 6.31. The minimum Gasteiger partial charge on any atom is -0.396 e. The predicted molar refractivity (Wildman–Crippen MR) is 74.2 cm³/mol. The van der Waals surface area contributed by atoms with Gasteiger partial charge >= 0.3 is 0 Å². The Labute approximate surface area is 121 Å². The smallest absolute Gasteiger partial charge is 0.256 e. The molecule has 2 aliphatic rings. The van der Waals surface area contributed by atoms with Gasteiger partial charge in [0.2, 0.25) is 0 Å². The summed E-state index contributed by atoms with van der Waals surface area (Å²) in [5.41, 5.74) is 5.74. The molecule has 1 aromatic rings. The molecule has 108 valence electrons. The fourth-order valence-corrected chi connectivity index (χ4v) is 3.22. The lowest BCUT2D eigenvalue weighted by Gasteiger charge is -2.22. The summed E-state index contributed by atoms with van der Waals surface area (Å²) in [5, 5.41) is 0.179. The third-order valence-electron chi connectivity index (χ3n) is 4.24. The van der Waals surface area contributed by atoms with Gasteiger partial charge in [0.1, 0.15) is 5.82 Å². The molecule has 6 heteroatoms. The van der Waals surface area contributed by atoms with Crippen LogP contribution in [0.15, 0.2) is 12.1 Å². The van der Waals surface area contributed by atoms with Crippen molar-refractivity contribution in [2.45, 2.75) is 12.8 Å². The first-order chi connectivity index (χ1) is 9.51. The second-order valence-corrected chi connectivity index (χ2v) is 6.06. The molecule has 4 nitrogen and oxygen atoms in total. The number of nitrogen functional groups attached to an aromatic ring is 1. The van der Waals surface area contributed by atoms with Crippen LogP contribution in [0.2, 0.25) is 5.02 Å². The molecule has 1 spiro atoms.